The molecule has 0 saturated heterocycles. The normalized spacial score (nSPS) is 12.8. The van der Waals surface area contributed by atoms with E-state index in [1.165, 1.54) is 0 Å². The number of amides is 2. The van der Waals surface area contributed by atoms with Crippen molar-refractivity contribution in [1.29, 1.82) is 0 Å². The Hall–Kier alpha value is -3.09. The highest BCUT2D eigenvalue weighted by molar-refractivity contribution is 5.75. The number of carbonyl (C=O) groups excluding carboxylic acids is 1. The third kappa shape index (κ3) is 6.97. The van der Waals surface area contributed by atoms with Crippen LogP contribution in [0.15, 0.2) is 36.4 Å². The Morgan fingerprint density at radius 1 is 0.656 bits per heavy atom. The fourth-order valence-electron chi connectivity index (χ4n) is 3.21. The maximum absolute atomic E-state index is 12.6. The van der Waals surface area contributed by atoms with E-state index in [0.29, 0.717) is 23.0 Å². The molecule has 0 aliphatic rings. The van der Waals surface area contributed by atoms with Crippen molar-refractivity contribution in [2.45, 2.75) is 65.8 Å². The standard InChI is InChI=1S/C25H36N2O5/c1-15(2)31-21-11-9-19(13-23(21)29-7)17(5)26-25(28)27-18(6)20-10-12-22(32-16(3)4)24(14-20)30-8/h9-18H,1-8H3,(H2,26,27,28)/t17-,18+. The summed E-state index contributed by atoms with van der Waals surface area (Å²) in [6.07, 6.45) is 0.0874. The molecule has 0 fully saturated rings. The van der Waals surface area contributed by atoms with Crippen LogP contribution in [-0.2, 0) is 0 Å². The quantitative estimate of drug-likeness (QED) is 0.513. The van der Waals surface area contributed by atoms with Crippen molar-refractivity contribution < 1.29 is 23.7 Å². The molecule has 7 heteroatoms. The van der Waals surface area contributed by atoms with Crippen molar-refractivity contribution in [2.75, 3.05) is 14.2 Å². The molecular formula is C25H36N2O5. The molecule has 7 nitrogen and oxygen atoms in total. The Balaban J connectivity index is 2.04. The smallest absolute Gasteiger partial charge is 0.315 e. The molecule has 2 N–H and O–H groups in total. The van der Waals surface area contributed by atoms with E-state index in [1.54, 1.807) is 14.2 Å². The van der Waals surface area contributed by atoms with Crippen LogP contribution in [0.4, 0.5) is 4.79 Å². The van der Waals surface area contributed by atoms with Gasteiger partial charge in [0.25, 0.3) is 0 Å². The summed E-state index contributed by atoms with van der Waals surface area (Å²) in [5.74, 6) is 2.62. The van der Waals surface area contributed by atoms with E-state index in [1.807, 2.05) is 77.9 Å². The van der Waals surface area contributed by atoms with Crippen molar-refractivity contribution in [3.8, 4) is 23.0 Å². The lowest BCUT2D eigenvalue weighted by Crippen LogP contribution is -2.38. The van der Waals surface area contributed by atoms with Crippen molar-refractivity contribution in [3.63, 3.8) is 0 Å². The largest absolute Gasteiger partial charge is 0.493 e. The number of urea groups is 1. The summed E-state index contributed by atoms with van der Waals surface area (Å²) in [6, 6.07) is 10.6. The first kappa shape index (κ1) is 25.2. The molecule has 0 radical (unpaired) electrons. The highest BCUT2D eigenvalue weighted by Gasteiger charge is 2.17. The van der Waals surface area contributed by atoms with Crippen LogP contribution in [0.5, 0.6) is 23.0 Å². The summed E-state index contributed by atoms with van der Waals surface area (Å²) in [6.45, 7) is 11.7. The van der Waals surface area contributed by atoms with E-state index < -0.39 is 0 Å². The van der Waals surface area contributed by atoms with Crippen LogP contribution in [0, 0.1) is 0 Å². The lowest BCUT2D eigenvalue weighted by atomic mass is 10.1. The molecule has 0 heterocycles. The van der Waals surface area contributed by atoms with Gasteiger partial charge < -0.3 is 29.6 Å². The Morgan fingerprint density at radius 3 is 1.34 bits per heavy atom. The fraction of sp³-hybridized carbons (Fsp3) is 0.480. The number of carbonyl (C=O) groups is 1. The molecule has 0 spiro atoms. The molecule has 0 aliphatic heterocycles. The Morgan fingerprint density at radius 2 is 1.03 bits per heavy atom. The average molecular weight is 445 g/mol. The van der Waals surface area contributed by atoms with Gasteiger partial charge in [0, 0.05) is 0 Å². The number of hydrogen-bond acceptors (Lipinski definition) is 5. The van der Waals surface area contributed by atoms with Gasteiger partial charge in [0.2, 0.25) is 0 Å². The van der Waals surface area contributed by atoms with E-state index in [0.717, 1.165) is 11.1 Å². The Bertz CT molecular complexity index is 826. The monoisotopic (exact) mass is 444 g/mol. The van der Waals surface area contributed by atoms with Gasteiger partial charge in [0.05, 0.1) is 38.5 Å². The molecule has 0 unspecified atom stereocenters. The van der Waals surface area contributed by atoms with E-state index >= 15 is 0 Å². The maximum Gasteiger partial charge on any atom is 0.315 e. The van der Waals surface area contributed by atoms with Gasteiger partial charge in [-0.15, -0.1) is 0 Å². The van der Waals surface area contributed by atoms with Gasteiger partial charge in [-0.05, 0) is 76.9 Å². The van der Waals surface area contributed by atoms with Crippen LogP contribution in [-0.4, -0.2) is 32.5 Å². The zero-order chi connectivity index (χ0) is 23.8. The number of benzene rings is 2. The summed E-state index contributed by atoms with van der Waals surface area (Å²) >= 11 is 0. The predicted molar refractivity (Wildman–Crippen MR) is 126 cm³/mol. The van der Waals surface area contributed by atoms with Crippen LogP contribution >= 0.6 is 0 Å². The lowest BCUT2D eigenvalue weighted by Gasteiger charge is -2.21. The highest BCUT2D eigenvalue weighted by Crippen LogP contribution is 2.32. The highest BCUT2D eigenvalue weighted by atomic mass is 16.5. The second kappa shape index (κ2) is 11.5. The maximum atomic E-state index is 12.6. The van der Waals surface area contributed by atoms with Gasteiger partial charge in [-0.1, -0.05) is 12.1 Å². The molecule has 2 rings (SSSR count). The van der Waals surface area contributed by atoms with Crippen LogP contribution in [0.1, 0.15) is 64.8 Å². The van der Waals surface area contributed by atoms with Gasteiger partial charge in [-0.2, -0.15) is 0 Å². The topological polar surface area (TPSA) is 78.1 Å². The first-order valence-corrected chi connectivity index (χ1v) is 10.9. The minimum Gasteiger partial charge on any atom is -0.493 e. The minimum absolute atomic E-state index is 0.0437. The summed E-state index contributed by atoms with van der Waals surface area (Å²) in [7, 11) is 3.20. The molecule has 2 aromatic carbocycles. The Kier molecular flexibility index (Phi) is 9.05. The predicted octanol–water partition coefficient (Wildman–Crippen LogP) is 5.40. The molecule has 176 valence electrons. The van der Waals surface area contributed by atoms with Crippen LogP contribution < -0.4 is 29.6 Å². The van der Waals surface area contributed by atoms with Gasteiger partial charge in [-0.25, -0.2) is 4.79 Å². The lowest BCUT2D eigenvalue weighted by molar-refractivity contribution is 0.229. The number of hydrogen-bond donors (Lipinski definition) is 2. The SMILES string of the molecule is COc1cc([C@H](C)NC(=O)N[C@H](C)c2ccc(OC(C)C)c(OC)c2)ccc1OC(C)C. The van der Waals surface area contributed by atoms with Crippen molar-refractivity contribution in [3.05, 3.63) is 47.5 Å². The molecule has 0 saturated carbocycles. The molecule has 2 aromatic rings. The molecule has 32 heavy (non-hydrogen) atoms. The number of ether oxygens (including phenoxy) is 4. The summed E-state index contributed by atoms with van der Waals surface area (Å²) < 4.78 is 22.4. The first-order valence-electron chi connectivity index (χ1n) is 10.9. The second-order valence-corrected chi connectivity index (χ2v) is 8.21. The van der Waals surface area contributed by atoms with Gasteiger partial charge in [0.1, 0.15) is 0 Å². The van der Waals surface area contributed by atoms with Gasteiger partial charge >= 0.3 is 6.03 Å². The van der Waals surface area contributed by atoms with Crippen molar-refractivity contribution in [1.82, 2.24) is 10.6 Å². The number of methoxy groups -OCH3 is 2. The van der Waals surface area contributed by atoms with Crippen LogP contribution in [0.2, 0.25) is 0 Å². The van der Waals surface area contributed by atoms with E-state index in [-0.39, 0.29) is 30.3 Å². The molecule has 0 aliphatic carbocycles. The number of rotatable bonds is 10. The fourth-order valence-corrected chi connectivity index (χ4v) is 3.21. The third-order valence-electron chi connectivity index (χ3n) is 4.80. The zero-order valence-corrected chi connectivity index (χ0v) is 20.3. The van der Waals surface area contributed by atoms with Gasteiger partial charge in [-0.3, -0.25) is 0 Å². The van der Waals surface area contributed by atoms with Crippen LogP contribution in [0.3, 0.4) is 0 Å². The van der Waals surface area contributed by atoms with E-state index in [2.05, 4.69) is 10.6 Å². The summed E-state index contributed by atoms with van der Waals surface area (Å²) in [5.41, 5.74) is 1.83. The van der Waals surface area contributed by atoms with Gasteiger partial charge in [0.15, 0.2) is 23.0 Å². The minimum atomic E-state index is -0.270. The van der Waals surface area contributed by atoms with E-state index in [4.69, 9.17) is 18.9 Å². The summed E-state index contributed by atoms with van der Waals surface area (Å²) in [5, 5.41) is 5.94. The van der Waals surface area contributed by atoms with Crippen molar-refractivity contribution in [2.24, 2.45) is 0 Å². The number of nitrogens with one attached hydrogen (secondary N) is 2. The second-order valence-electron chi connectivity index (χ2n) is 8.21. The van der Waals surface area contributed by atoms with E-state index in [9.17, 15) is 4.79 Å². The molecule has 2 atom stereocenters. The first-order chi connectivity index (χ1) is 15.1. The third-order valence-corrected chi connectivity index (χ3v) is 4.80. The average Bonchev–Trinajstić information content (AvgIpc) is 2.73. The Labute approximate surface area is 191 Å². The molecule has 0 aromatic heterocycles. The summed E-state index contributed by atoms with van der Waals surface area (Å²) in [4.78, 5) is 12.6. The van der Waals surface area contributed by atoms with Crippen LogP contribution in [0.25, 0.3) is 0 Å². The van der Waals surface area contributed by atoms with Crippen molar-refractivity contribution >= 4 is 6.03 Å². The molecular weight excluding hydrogens is 408 g/mol. The molecule has 0 bridgehead atoms. The molecule has 2 amide bonds. The zero-order valence-electron chi connectivity index (χ0n) is 20.3.